The molecule has 0 spiro atoms. The van der Waals surface area contributed by atoms with Gasteiger partial charge in [0.15, 0.2) is 5.06 Å². The van der Waals surface area contributed by atoms with Crippen molar-refractivity contribution in [3.8, 4) is 5.06 Å². The Hall–Kier alpha value is -1.27. The molecule has 0 aromatic carbocycles. The van der Waals surface area contributed by atoms with E-state index in [2.05, 4.69) is 37.1 Å². The standard InChI is InChI=1S/C18H29N3O2S/c1-4-7-19-18(22)21-9-6-16-14(11-21)10-17(24-16)23-15-5-8-20(12-15)13(2)3/h10,13,15H,4-9,11-12H2,1-3H3,(H,19,22). The van der Waals surface area contributed by atoms with Crippen LogP contribution in [-0.4, -0.2) is 54.2 Å². The van der Waals surface area contributed by atoms with E-state index in [1.54, 1.807) is 11.3 Å². The smallest absolute Gasteiger partial charge is 0.317 e. The first kappa shape index (κ1) is 17.5. The molecule has 3 rings (SSSR count). The molecule has 1 saturated heterocycles. The molecular weight excluding hydrogens is 322 g/mol. The topological polar surface area (TPSA) is 44.8 Å². The van der Waals surface area contributed by atoms with Crippen LogP contribution in [-0.2, 0) is 13.0 Å². The van der Waals surface area contributed by atoms with Crippen molar-refractivity contribution in [3.63, 3.8) is 0 Å². The van der Waals surface area contributed by atoms with Crippen LogP contribution in [0.5, 0.6) is 5.06 Å². The summed E-state index contributed by atoms with van der Waals surface area (Å²) in [7, 11) is 0. The third kappa shape index (κ3) is 4.03. The molecule has 0 saturated carbocycles. The number of ether oxygens (including phenoxy) is 1. The van der Waals surface area contributed by atoms with E-state index in [1.165, 1.54) is 10.4 Å². The fourth-order valence-corrected chi connectivity index (χ4v) is 4.44. The number of urea groups is 1. The number of nitrogens with zero attached hydrogens (tertiary/aromatic N) is 2. The largest absolute Gasteiger partial charge is 0.479 e. The van der Waals surface area contributed by atoms with E-state index < -0.39 is 0 Å². The van der Waals surface area contributed by atoms with Gasteiger partial charge in [-0.2, -0.15) is 0 Å². The first-order chi connectivity index (χ1) is 11.6. The Kier molecular flexibility index (Phi) is 5.66. The molecule has 1 aromatic rings. The molecule has 3 heterocycles. The number of fused-ring (bicyclic) bond motifs is 1. The number of likely N-dealkylation sites (tertiary alicyclic amines) is 1. The minimum Gasteiger partial charge on any atom is -0.479 e. The minimum absolute atomic E-state index is 0.0551. The molecule has 2 aliphatic heterocycles. The molecule has 0 aliphatic carbocycles. The van der Waals surface area contributed by atoms with Gasteiger partial charge in [-0.3, -0.25) is 4.90 Å². The summed E-state index contributed by atoms with van der Waals surface area (Å²) >= 11 is 1.76. The number of rotatable bonds is 5. The summed E-state index contributed by atoms with van der Waals surface area (Å²) in [5, 5.41) is 3.99. The lowest BCUT2D eigenvalue weighted by Gasteiger charge is -2.26. The second-order valence-electron chi connectivity index (χ2n) is 7.03. The molecule has 6 heteroatoms. The summed E-state index contributed by atoms with van der Waals surface area (Å²) in [5.74, 6) is 0. The van der Waals surface area contributed by atoms with Crippen molar-refractivity contribution in [2.75, 3.05) is 26.2 Å². The van der Waals surface area contributed by atoms with Gasteiger partial charge in [0.05, 0.1) is 0 Å². The first-order valence-electron chi connectivity index (χ1n) is 9.12. The van der Waals surface area contributed by atoms with Crippen LogP contribution in [0.4, 0.5) is 4.79 Å². The summed E-state index contributed by atoms with van der Waals surface area (Å²) in [6.45, 7) is 10.9. The van der Waals surface area contributed by atoms with Crippen molar-refractivity contribution in [2.45, 2.75) is 58.7 Å². The highest BCUT2D eigenvalue weighted by Gasteiger charge is 2.28. The molecule has 1 aromatic heterocycles. The molecule has 1 fully saturated rings. The van der Waals surface area contributed by atoms with Gasteiger partial charge < -0.3 is 15.0 Å². The predicted molar refractivity (Wildman–Crippen MR) is 97.9 cm³/mol. The fourth-order valence-electron chi connectivity index (χ4n) is 3.36. The Morgan fingerprint density at radius 2 is 2.29 bits per heavy atom. The molecule has 24 heavy (non-hydrogen) atoms. The highest BCUT2D eigenvalue weighted by Crippen LogP contribution is 2.34. The first-order valence-corrected chi connectivity index (χ1v) is 9.93. The van der Waals surface area contributed by atoms with Crippen molar-refractivity contribution in [1.82, 2.24) is 15.1 Å². The average molecular weight is 352 g/mol. The summed E-state index contributed by atoms with van der Waals surface area (Å²) in [5.41, 5.74) is 1.26. The van der Waals surface area contributed by atoms with Crippen molar-refractivity contribution in [3.05, 3.63) is 16.5 Å². The van der Waals surface area contributed by atoms with E-state index in [0.29, 0.717) is 18.7 Å². The Morgan fingerprint density at radius 1 is 1.46 bits per heavy atom. The average Bonchev–Trinajstić information content (AvgIpc) is 3.18. The molecule has 2 aliphatic rings. The summed E-state index contributed by atoms with van der Waals surface area (Å²) in [6.07, 6.45) is 3.31. The van der Waals surface area contributed by atoms with Crippen LogP contribution in [0, 0.1) is 0 Å². The second-order valence-corrected chi connectivity index (χ2v) is 8.13. The summed E-state index contributed by atoms with van der Waals surface area (Å²) in [6, 6.07) is 2.79. The van der Waals surface area contributed by atoms with Crippen LogP contribution in [0.1, 0.15) is 44.1 Å². The van der Waals surface area contributed by atoms with Crippen LogP contribution in [0.3, 0.4) is 0 Å². The zero-order valence-electron chi connectivity index (χ0n) is 15.0. The Balaban J connectivity index is 1.56. The third-order valence-corrected chi connectivity index (χ3v) is 5.97. The van der Waals surface area contributed by atoms with E-state index in [4.69, 9.17) is 4.74 Å². The third-order valence-electron chi connectivity index (χ3n) is 4.85. The lowest BCUT2D eigenvalue weighted by atomic mass is 10.1. The fraction of sp³-hybridized carbons (Fsp3) is 0.722. The quantitative estimate of drug-likeness (QED) is 0.887. The number of hydrogen-bond acceptors (Lipinski definition) is 4. The molecule has 1 atom stereocenters. The number of amides is 2. The molecule has 5 nitrogen and oxygen atoms in total. The van der Waals surface area contributed by atoms with Gasteiger partial charge in [0, 0.05) is 43.6 Å². The normalized spacial score (nSPS) is 21.2. The zero-order chi connectivity index (χ0) is 17.1. The molecule has 1 unspecified atom stereocenters. The Morgan fingerprint density at radius 3 is 3.00 bits per heavy atom. The lowest BCUT2D eigenvalue weighted by molar-refractivity contribution is 0.190. The number of nitrogens with one attached hydrogen (secondary N) is 1. The Labute approximate surface area is 149 Å². The van der Waals surface area contributed by atoms with Crippen LogP contribution >= 0.6 is 11.3 Å². The van der Waals surface area contributed by atoms with Crippen LogP contribution in [0.2, 0.25) is 0 Å². The molecular formula is C18H29N3O2S. The van der Waals surface area contributed by atoms with E-state index in [1.807, 2.05) is 4.90 Å². The van der Waals surface area contributed by atoms with Crippen molar-refractivity contribution < 1.29 is 9.53 Å². The van der Waals surface area contributed by atoms with Gasteiger partial charge in [-0.25, -0.2) is 4.79 Å². The number of carbonyl (C=O) groups excluding carboxylic acids is 1. The molecule has 1 N–H and O–H groups in total. The van der Waals surface area contributed by atoms with Gasteiger partial charge in [-0.1, -0.05) is 6.92 Å². The van der Waals surface area contributed by atoms with Crippen LogP contribution < -0.4 is 10.1 Å². The molecule has 2 amide bonds. The summed E-state index contributed by atoms with van der Waals surface area (Å²) < 4.78 is 6.23. The van der Waals surface area contributed by atoms with Crippen LogP contribution in [0.15, 0.2) is 6.07 Å². The molecule has 0 radical (unpaired) electrons. The van der Waals surface area contributed by atoms with Gasteiger partial charge in [0.1, 0.15) is 6.10 Å². The molecule has 134 valence electrons. The van der Waals surface area contributed by atoms with Gasteiger partial charge in [0.2, 0.25) is 0 Å². The number of hydrogen-bond donors (Lipinski definition) is 1. The van der Waals surface area contributed by atoms with Crippen molar-refractivity contribution in [1.29, 1.82) is 0 Å². The maximum atomic E-state index is 12.1. The number of thiophene rings is 1. The van der Waals surface area contributed by atoms with E-state index in [-0.39, 0.29) is 6.03 Å². The predicted octanol–water partition coefficient (Wildman–Crippen LogP) is 3.09. The molecule has 0 bridgehead atoms. The zero-order valence-corrected chi connectivity index (χ0v) is 15.8. The maximum absolute atomic E-state index is 12.1. The minimum atomic E-state index is 0.0551. The van der Waals surface area contributed by atoms with E-state index >= 15 is 0 Å². The van der Waals surface area contributed by atoms with Crippen molar-refractivity contribution in [2.24, 2.45) is 0 Å². The Bertz CT molecular complexity index is 573. The van der Waals surface area contributed by atoms with Crippen LogP contribution in [0.25, 0.3) is 0 Å². The van der Waals surface area contributed by atoms with Gasteiger partial charge in [-0.15, -0.1) is 11.3 Å². The van der Waals surface area contributed by atoms with E-state index in [9.17, 15) is 4.79 Å². The SMILES string of the molecule is CCCNC(=O)N1CCc2sc(OC3CCN(C(C)C)C3)cc2C1. The van der Waals surface area contributed by atoms with Crippen molar-refractivity contribution >= 4 is 17.4 Å². The second kappa shape index (κ2) is 7.74. The van der Waals surface area contributed by atoms with Gasteiger partial charge >= 0.3 is 6.03 Å². The summed E-state index contributed by atoms with van der Waals surface area (Å²) in [4.78, 5) is 17.9. The van der Waals surface area contributed by atoms with Gasteiger partial charge in [0.25, 0.3) is 0 Å². The highest BCUT2D eigenvalue weighted by atomic mass is 32.1. The number of carbonyl (C=O) groups is 1. The van der Waals surface area contributed by atoms with Gasteiger partial charge in [-0.05, 0) is 44.7 Å². The monoisotopic (exact) mass is 351 g/mol. The lowest BCUT2D eigenvalue weighted by Crippen LogP contribution is -2.42. The highest BCUT2D eigenvalue weighted by molar-refractivity contribution is 7.14. The van der Waals surface area contributed by atoms with E-state index in [0.717, 1.165) is 50.5 Å². The maximum Gasteiger partial charge on any atom is 0.317 e.